The van der Waals surface area contributed by atoms with Crippen LogP contribution in [0.1, 0.15) is 51.9 Å². The van der Waals surface area contributed by atoms with E-state index in [0.717, 1.165) is 31.8 Å². The first kappa shape index (κ1) is 17.1. The van der Waals surface area contributed by atoms with Crippen LogP contribution in [0.3, 0.4) is 0 Å². The van der Waals surface area contributed by atoms with Crippen molar-refractivity contribution in [1.82, 2.24) is 10.2 Å². The Labute approximate surface area is 126 Å². The van der Waals surface area contributed by atoms with Crippen LogP contribution in [-0.2, 0) is 0 Å². The highest BCUT2D eigenvalue weighted by molar-refractivity contribution is 4.84. The molecule has 0 amide bonds. The van der Waals surface area contributed by atoms with Gasteiger partial charge in [-0.05, 0) is 70.6 Å². The van der Waals surface area contributed by atoms with Crippen LogP contribution in [0, 0.1) is 11.8 Å². The number of hydrogen-bond donors (Lipinski definition) is 1. The number of halogens is 3. The summed E-state index contributed by atoms with van der Waals surface area (Å²) in [6, 6.07) is 0.637. The van der Waals surface area contributed by atoms with Gasteiger partial charge < -0.3 is 10.2 Å². The number of likely N-dealkylation sites (tertiary alicyclic amines) is 1. The Bertz CT molecular complexity index is 298. The van der Waals surface area contributed by atoms with E-state index in [2.05, 4.69) is 17.1 Å². The summed E-state index contributed by atoms with van der Waals surface area (Å²) < 4.78 is 37.9. The SMILES string of the molecule is CCCNC1CCCC1CCN1CCC(C(F)(F)F)CC1. The number of rotatable bonds is 6. The molecule has 1 heterocycles. The third-order valence-corrected chi connectivity index (χ3v) is 5.18. The van der Waals surface area contributed by atoms with Crippen molar-refractivity contribution >= 4 is 0 Å². The molecule has 2 unspecified atom stereocenters. The maximum Gasteiger partial charge on any atom is 0.391 e. The quantitative estimate of drug-likeness (QED) is 0.802. The van der Waals surface area contributed by atoms with Crippen molar-refractivity contribution in [2.45, 2.75) is 64.1 Å². The van der Waals surface area contributed by atoms with Gasteiger partial charge in [-0.15, -0.1) is 0 Å². The molecule has 2 nitrogen and oxygen atoms in total. The maximum absolute atomic E-state index is 12.6. The molecule has 1 saturated carbocycles. The molecule has 0 aromatic carbocycles. The molecule has 0 aromatic heterocycles. The van der Waals surface area contributed by atoms with Gasteiger partial charge in [0.2, 0.25) is 0 Å². The van der Waals surface area contributed by atoms with E-state index in [9.17, 15) is 13.2 Å². The summed E-state index contributed by atoms with van der Waals surface area (Å²) in [4.78, 5) is 2.23. The van der Waals surface area contributed by atoms with Gasteiger partial charge in [0, 0.05) is 6.04 Å². The summed E-state index contributed by atoms with van der Waals surface area (Å²) in [5, 5.41) is 3.63. The minimum atomic E-state index is -3.99. The molecule has 1 aliphatic carbocycles. The molecule has 0 aromatic rings. The average molecular weight is 306 g/mol. The molecule has 0 spiro atoms. The largest absolute Gasteiger partial charge is 0.391 e. The molecule has 2 aliphatic rings. The van der Waals surface area contributed by atoms with Gasteiger partial charge in [0.1, 0.15) is 0 Å². The Hall–Kier alpha value is -0.290. The van der Waals surface area contributed by atoms with Gasteiger partial charge in [-0.3, -0.25) is 0 Å². The second-order valence-corrected chi connectivity index (χ2v) is 6.70. The second kappa shape index (κ2) is 7.82. The fraction of sp³-hybridized carbons (Fsp3) is 1.00. The normalized spacial score (nSPS) is 29.1. The number of hydrogen-bond acceptors (Lipinski definition) is 2. The maximum atomic E-state index is 12.6. The van der Waals surface area contributed by atoms with Crippen molar-refractivity contribution in [3.63, 3.8) is 0 Å². The van der Waals surface area contributed by atoms with Gasteiger partial charge in [0.05, 0.1) is 5.92 Å². The summed E-state index contributed by atoms with van der Waals surface area (Å²) in [6.45, 7) is 5.47. The molecule has 1 N–H and O–H groups in total. The van der Waals surface area contributed by atoms with E-state index in [1.54, 1.807) is 0 Å². The van der Waals surface area contributed by atoms with Crippen molar-refractivity contribution in [1.29, 1.82) is 0 Å². The molecule has 0 radical (unpaired) electrons. The third kappa shape index (κ3) is 5.13. The predicted molar refractivity (Wildman–Crippen MR) is 79.3 cm³/mol. The molecular formula is C16H29F3N2. The van der Waals surface area contributed by atoms with Crippen molar-refractivity contribution < 1.29 is 13.2 Å². The van der Waals surface area contributed by atoms with Crippen LogP contribution < -0.4 is 5.32 Å². The molecule has 21 heavy (non-hydrogen) atoms. The zero-order chi connectivity index (χ0) is 15.3. The smallest absolute Gasteiger partial charge is 0.314 e. The van der Waals surface area contributed by atoms with E-state index in [0.29, 0.717) is 19.1 Å². The van der Waals surface area contributed by atoms with Crippen molar-refractivity contribution in [2.24, 2.45) is 11.8 Å². The van der Waals surface area contributed by atoms with Crippen molar-refractivity contribution in [2.75, 3.05) is 26.2 Å². The fourth-order valence-corrected chi connectivity index (χ4v) is 3.81. The molecule has 1 aliphatic heterocycles. The summed E-state index contributed by atoms with van der Waals surface area (Å²) in [5.41, 5.74) is 0. The van der Waals surface area contributed by atoms with Crippen LogP contribution in [0.25, 0.3) is 0 Å². The summed E-state index contributed by atoms with van der Waals surface area (Å²) >= 11 is 0. The molecule has 2 atom stereocenters. The van der Waals surface area contributed by atoms with Crippen LogP contribution >= 0.6 is 0 Å². The summed E-state index contributed by atoms with van der Waals surface area (Å²) in [5.74, 6) is -0.351. The molecule has 2 fully saturated rings. The lowest BCUT2D eigenvalue weighted by atomic mass is 9.94. The lowest BCUT2D eigenvalue weighted by Gasteiger charge is -2.34. The monoisotopic (exact) mass is 306 g/mol. The Morgan fingerprint density at radius 1 is 1.10 bits per heavy atom. The molecule has 1 saturated heterocycles. The highest BCUT2D eigenvalue weighted by Crippen LogP contribution is 2.34. The first-order valence-corrected chi connectivity index (χ1v) is 8.53. The standard InChI is InChI=1S/C16H29F3N2/c1-2-9-20-15-5-3-4-13(15)6-10-21-11-7-14(8-12-21)16(17,18)19/h13-15,20H,2-12H2,1H3. The van der Waals surface area contributed by atoms with Crippen molar-refractivity contribution in [3.05, 3.63) is 0 Å². The Morgan fingerprint density at radius 2 is 1.81 bits per heavy atom. The minimum Gasteiger partial charge on any atom is -0.314 e. The van der Waals surface area contributed by atoms with Gasteiger partial charge >= 0.3 is 6.18 Å². The number of piperidine rings is 1. The van der Waals surface area contributed by atoms with E-state index in [-0.39, 0.29) is 12.8 Å². The first-order valence-electron chi connectivity index (χ1n) is 8.53. The highest BCUT2D eigenvalue weighted by Gasteiger charge is 2.41. The Balaban J connectivity index is 1.67. The van der Waals surface area contributed by atoms with Crippen LogP contribution in [0.5, 0.6) is 0 Å². The van der Waals surface area contributed by atoms with E-state index in [1.165, 1.54) is 19.3 Å². The van der Waals surface area contributed by atoms with Crippen molar-refractivity contribution in [3.8, 4) is 0 Å². The number of nitrogens with zero attached hydrogens (tertiary/aromatic N) is 1. The average Bonchev–Trinajstić information content (AvgIpc) is 2.90. The van der Waals surface area contributed by atoms with E-state index in [4.69, 9.17) is 0 Å². The Kier molecular flexibility index (Phi) is 6.35. The number of nitrogens with one attached hydrogen (secondary N) is 1. The lowest BCUT2D eigenvalue weighted by Crippen LogP contribution is -2.41. The molecule has 124 valence electrons. The summed E-state index contributed by atoms with van der Waals surface area (Å²) in [7, 11) is 0. The van der Waals surface area contributed by atoms with E-state index >= 15 is 0 Å². The number of alkyl halides is 3. The highest BCUT2D eigenvalue weighted by atomic mass is 19.4. The fourth-order valence-electron chi connectivity index (χ4n) is 3.81. The van der Waals surface area contributed by atoms with Crippen LogP contribution in [0.2, 0.25) is 0 Å². The second-order valence-electron chi connectivity index (χ2n) is 6.70. The minimum absolute atomic E-state index is 0.283. The Morgan fingerprint density at radius 3 is 2.43 bits per heavy atom. The molecule has 2 rings (SSSR count). The van der Waals surface area contributed by atoms with Crippen LogP contribution in [0.4, 0.5) is 13.2 Å². The lowest BCUT2D eigenvalue weighted by molar-refractivity contribution is -0.185. The van der Waals surface area contributed by atoms with Gasteiger partial charge in [-0.2, -0.15) is 13.2 Å². The first-order chi connectivity index (χ1) is 10.0. The zero-order valence-electron chi connectivity index (χ0n) is 13.1. The van der Waals surface area contributed by atoms with E-state index < -0.39 is 12.1 Å². The summed E-state index contributed by atoms with van der Waals surface area (Å²) in [6.07, 6.45) is 2.71. The topological polar surface area (TPSA) is 15.3 Å². The van der Waals surface area contributed by atoms with Gasteiger partial charge in [0.25, 0.3) is 0 Å². The van der Waals surface area contributed by atoms with Gasteiger partial charge in [-0.25, -0.2) is 0 Å². The van der Waals surface area contributed by atoms with Gasteiger partial charge in [0.15, 0.2) is 0 Å². The van der Waals surface area contributed by atoms with Crippen LogP contribution in [0.15, 0.2) is 0 Å². The van der Waals surface area contributed by atoms with Gasteiger partial charge in [-0.1, -0.05) is 13.3 Å². The third-order valence-electron chi connectivity index (χ3n) is 5.18. The predicted octanol–water partition coefficient (Wildman–Crippen LogP) is 3.82. The van der Waals surface area contributed by atoms with E-state index in [1.807, 2.05) is 0 Å². The molecule has 5 heteroatoms. The zero-order valence-corrected chi connectivity index (χ0v) is 13.1. The molecule has 0 bridgehead atoms. The molecular weight excluding hydrogens is 277 g/mol. The van der Waals surface area contributed by atoms with Crippen LogP contribution in [-0.4, -0.2) is 43.3 Å².